The first-order chi connectivity index (χ1) is 13.1. The molecule has 0 spiro atoms. The SMILES string of the molecule is COc1cc2cc3c4ccc(OC)c(OC)c4cc[n+]3c(C)c2cc1OC.[Cl-]. The molecule has 0 aliphatic rings. The predicted molar refractivity (Wildman–Crippen MR) is 106 cm³/mol. The van der Waals surface area contributed by atoms with Crippen molar-refractivity contribution in [2.24, 2.45) is 0 Å². The van der Waals surface area contributed by atoms with E-state index in [1.807, 2.05) is 18.2 Å². The number of methoxy groups -OCH3 is 4. The lowest BCUT2D eigenvalue weighted by Crippen LogP contribution is -3.00. The van der Waals surface area contributed by atoms with E-state index < -0.39 is 0 Å². The van der Waals surface area contributed by atoms with Crippen molar-refractivity contribution >= 4 is 27.1 Å². The number of hydrogen-bond donors (Lipinski definition) is 0. The van der Waals surface area contributed by atoms with Gasteiger partial charge in [-0.2, -0.15) is 4.40 Å². The molecule has 0 aliphatic heterocycles. The Morgan fingerprint density at radius 1 is 0.679 bits per heavy atom. The molecule has 0 fully saturated rings. The number of benzene rings is 2. The van der Waals surface area contributed by atoms with Gasteiger partial charge < -0.3 is 31.4 Å². The standard InChI is InChI=1S/C22H22NO4.ClH/c1-13-17-12-21(26-4)20(25-3)11-14(17)10-18-15-6-7-19(24-2)22(27-5)16(15)8-9-23(13)18;/h6-12H,1-5H3;1H/q+1;/p-1. The predicted octanol–water partition coefficient (Wildman–Crippen LogP) is 1.08. The van der Waals surface area contributed by atoms with Crippen LogP contribution < -0.4 is 35.8 Å². The molecule has 0 saturated carbocycles. The Labute approximate surface area is 169 Å². The molecule has 2 aromatic heterocycles. The Kier molecular flexibility index (Phi) is 5.38. The summed E-state index contributed by atoms with van der Waals surface area (Å²) in [5.74, 6) is 2.90. The number of nitrogens with zero attached hydrogens (tertiary/aromatic N) is 1. The molecule has 0 saturated heterocycles. The van der Waals surface area contributed by atoms with E-state index in [-0.39, 0.29) is 12.4 Å². The molecule has 0 radical (unpaired) electrons. The van der Waals surface area contributed by atoms with Crippen LogP contribution in [0.25, 0.3) is 27.1 Å². The average molecular weight is 400 g/mol. The molecule has 0 unspecified atom stereocenters. The minimum Gasteiger partial charge on any atom is -1.00 e. The molecule has 0 atom stereocenters. The van der Waals surface area contributed by atoms with Gasteiger partial charge in [0.25, 0.3) is 0 Å². The van der Waals surface area contributed by atoms with E-state index in [0.29, 0.717) is 5.75 Å². The molecule has 0 N–H and O–H groups in total. The van der Waals surface area contributed by atoms with E-state index in [1.165, 1.54) is 0 Å². The molecule has 0 bridgehead atoms. The number of pyridine rings is 2. The summed E-state index contributed by atoms with van der Waals surface area (Å²) in [5, 5.41) is 4.31. The summed E-state index contributed by atoms with van der Waals surface area (Å²) in [6.45, 7) is 2.10. The molecule has 4 rings (SSSR count). The van der Waals surface area contributed by atoms with Crippen LogP contribution in [0.5, 0.6) is 23.0 Å². The van der Waals surface area contributed by atoms with E-state index in [2.05, 4.69) is 35.7 Å². The van der Waals surface area contributed by atoms with Crippen molar-refractivity contribution in [3.05, 3.63) is 48.3 Å². The topological polar surface area (TPSA) is 41.0 Å². The number of aromatic nitrogens is 1. The molecule has 6 heteroatoms. The first-order valence-corrected chi connectivity index (χ1v) is 8.67. The highest BCUT2D eigenvalue weighted by molar-refractivity contribution is 6.02. The number of aryl methyl sites for hydroxylation is 1. The molecular formula is C22H22ClNO4. The Morgan fingerprint density at radius 2 is 1.36 bits per heavy atom. The van der Waals surface area contributed by atoms with Gasteiger partial charge in [-0.3, -0.25) is 0 Å². The van der Waals surface area contributed by atoms with E-state index in [4.69, 9.17) is 18.9 Å². The zero-order chi connectivity index (χ0) is 19.1. The lowest BCUT2D eigenvalue weighted by atomic mass is 10.0. The highest BCUT2D eigenvalue weighted by atomic mass is 35.5. The van der Waals surface area contributed by atoms with Crippen LogP contribution in [0.4, 0.5) is 0 Å². The second-order valence-corrected chi connectivity index (χ2v) is 6.36. The van der Waals surface area contributed by atoms with Crippen molar-refractivity contribution in [2.75, 3.05) is 28.4 Å². The minimum atomic E-state index is 0. The van der Waals surface area contributed by atoms with Crippen molar-refractivity contribution in [2.45, 2.75) is 6.92 Å². The van der Waals surface area contributed by atoms with Crippen LogP contribution in [0.2, 0.25) is 0 Å². The molecule has 4 aromatic rings. The largest absolute Gasteiger partial charge is 1.00 e. The fourth-order valence-corrected chi connectivity index (χ4v) is 3.74. The number of hydrogen-bond acceptors (Lipinski definition) is 4. The Balaban J connectivity index is 0.00000225. The van der Waals surface area contributed by atoms with Crippen molar-refractivity contribution in [1.29, 1.82) is 0 Å². The molecule has 2 aromatic carbocycles. The Morgan fingerprint density at radius 3 is 2.00 bits per heavy atom. The van der Waals surface area contributed by atoms with Crippen LogP contribution in [0.3, 0.4) is 0 Å². The maximum absolute atomic E-state index is 5.61. The summed E-state index contributed by atoms with van der Waals surface area (Å²) >= 11 is 0. The van der Waals surface area contributed by atoms with Gasteiger partial charge in [0.1, 0.15) is 0 Å². The van der Waals surface area contributed by atoms with Gasteiger partial charge in [-0.1, -0.05) is 0 Å². The maximum Gasteiger partial charge on any atom is 0.219 e. The van der Waals surface area contributed by atoms with Crippen LogP contribution in [-0.2, 0) is 0 Å². The molecule has 0 aliphatic carbocycles. The van der Waals surface area contributed by atoms with Gasteiger partial charge in [-0.05, 0) is 29.7 Å². The molecule has 5 nitrogen and oxygen atoms in total. The third-order valence-electron chi connectivity index (χ3n) is 5.11. The molecule has 146 valence electrons. The maximum atomic E-state index is 5.61. The lowest BCUT2D eigenvalue weighted by molar-refractivity contribution is -0.516. The number of rotatable bonds is 4. The normalized spacial score (nSPS) is 10.8. The monoisotopic (exact) mass is 399 g/mol. The van der Waals surface area contributed by atoms with Crippen molar-refractivity contribution in [3.8, 4) is 23.0 Å². The summed E-state index contributed by atoms with van der Waals surface area (Å²) < 4.78 is 24.2. The first-order valence-electron chi connectivity index (χ1n) is 8.67. The summed E-state index contributed by atoms with van der Waals surface area (Å²) in [5.41, 5.74) is 2.21. The third kappa shape index (κ3) is 2.83. The van der Waals surface area contributed by atoms with E-state index >= 15 is 0 Å². The third-order valence-corrected chi connectivity index (χ3v) is 5.11. The van der Waals surface area contributed by atoms with Crippen molar-refractivity contribution in [3.63, 3.8) is 0 Å². The van der Waals surface area contributed by atoms with Crippen LogP contribution >= 0.6 is 0 Å². The summed E-state index contributed by atoms with van der Waals surface area (Å²) in [7, 11) is 6.62. The molecular weight excluding hydrogens is 378 g/mol. The summed E-state index contributed by atoms with van der Waals surface area (Å²) in [4.78, 5) is 0. The highest BCUT2D eigenvalue weighted by Gasteiger charge is 2.20. The second kappa shape index (κ2) is 7.60. The molecule has 28 heavy (non-hydrogen) atoms. The molecule has 2 heterocycles. The lowest BCUT2D eigenvalue weighted by Gasteiger charge is -2.12. The van der Waals surface area contributed by atoms with Crippen LogP contribution in [0.1, 0.15) is 5.69 Å². The van der Waals surface area contributed by atoms with E-state index in [1.54, 1.807) is 28.4 Å². The number of halogens is 1. The van der Waals surface area contributed by atoms with Gasteiger partial charge in [0.15, 0.2) is 34.9 Å². The van der Waals surface area contributed by atoms with Gasteiger partial charge in [-0.15, -0.1) is 0 Å². The Bertz CT molecular complexity index is 1190. The quantitative estimate of drug-likeness (QED) is 0.292. The Hall–Kier alpha value is -2.92. The van der Waals surface area contributed by atoms with Gasteiger partial charge in [0.2, 0.25) is 5.52 Å². The fourth-order valence-electron chi connectivity index (χ4n) is 3.74. The highest BCUT2D eigenvalue weighted by Crippen LogP contribution is 2.38. The average Bonchev–Trinajstić information content (AvgIpc) is 2.71. The fraction of sp³-hybridized carbons (Fsp3) is 0.227. The number of ether oxygens (including phenoxy) is 4. The molecule has 0 amide bonds. The van der Waals surface area contributed by atoms with E-state index in [9.17, 15) is 0 Å². The zero-order valence-corrected chi connectivity index (χ0v) is 17.3. The summed E-state index contributed by atoms with van der Waals surface area (Å²) in [6, 6.07) is 12.3. The van der Waals surface area contributed by atoms with Gasteiger partial charge in [0, 0.05) is 24.4 Å². The second-order valence-electron chi connectivity index (χ2n) is 6.36. The summed E-state index contributed by atoms with van der Waals surface area (Å²) in [6.07, 6.45) is 2.06. The van der Waals surface area contributed by atoms with Crippen LogP contribution in [0, 0.1) is 6.92 Å². The van der Waals surface area contributed by atoms with Crippen LogP contribution in [0.15, 0.2) is 42.6 Å². The van der Waals surface area contributed by atoms with E-state index in [0.717, 1.165) is 50.0 Å². The van der Waals surface area contributed by atoms with Crippen LogP contribution in [-0.4, -0.2) is 28.4 Å². The van der Waals surface area contributed by atoms with Gasteiger partial charge in [-0.25, -0.2) is 0 Å². The minimum absolute atomic E-state index is 0. The number of fused-ring (bicyclic) bond motifs is 4. The first kappa shape index (κ1) is 19.8. The zero-order valence-electron chi connectivity index (χ0n) is 16.5. The van der Waals surface area contributed by atoms with Gasteiger partial charge >= 0.3 is 0 Å². The van der Waals surface area contributed by atoms with Crippen molar-refractivity contribution in [1.82, 2.24) is 0 Å². The van der Waals surface area contributed by atoms with Crippen molar-refractivity contribution < 1.29 is 35.8 Å². The smallest absolute Gasteiger partial charge is 0.219 e. The van der Waals surface area contributed by atoms with Gasteiger partial charge in [0.05, 0.1) is 39.2 Å².